The summed E-state index contributed by atoms with van der Waals surface area (Å²) < 4.78 is 19.3. The maximum absolute atomic E-state index is 13.3. The lowest BCUT2D eigenvalue weighted by Gasteiger charge is -2.05. The summed E-state index contributed by atoms with van der Waals surface area (Å²) in [6.45, 7) is 0.718. The predicted molar refractivity (Wildman–Crippen MR) is 74.5 cm³/mol. The maximum Gasteiger partial charge on any atom is 0.129 e. The molecule has 1 aromatic carbocycles. The van der Waals surface area contributed by atoms with Crippen molar-refractivity contribution in [2.45, 2.75) is 6.54 Å². The maximum atomic E-state index is 13.3. The van der Waals surface area contributed by atoms with Crippen molar-refractivity contribution in [1.82, 2.24) is 10.3 Å². The third-order valence-corrected chi connectivity index (χ3v) is 4.39. The van der Waals surface area contributed by atoms with Gasteiger partial charge in [0.25, 0.3) is 0 Å². The molecule has 1 heterocycles. The van der Waals surface area contributed by atoms with Gasteiger partial charge in [-0.05, 0) is 41.2 Å². The first kappa shape index (κ1) is 13.5. The van der Waals surface area contributed by atoms with Crippen molar-refractivity contribution < 1.29 is 9.13 Å². The highest BCUT2D eigenvalue weighted by molar-refractivity contribution is 9.10. The Morgan fingerprint density at radius 1 is 1.50 bits per heavy atom. The summed E-state index contributed by atoms with van der Waals surface area (Å²) in [4.78, 5) is 5.47. The van der Waals surface area contributed by atoms with Crippen molar-refractivity contribution in [1.29, 1.82) is 0 Å². The fourth-order valence-corrected chi connectivity index (χ4v) is 3.23. The topological polar surface area (TPSA) is 34.1 Å². The molecular formula is C12H12BrFN2OS. The van der Waals surface area contributed by atoms with Gasteiger partial charge in [0.1, 0.15) is 21.2 Å². The first-order valence-electron chi connectivity index (χ1n) is 5.29. The van der Waals surface area contributed by atoms with Crippen molar-refractivity contribution >= 4 is 27.3 Å². The van der Waals surface area contributed by atoms with Crippen LogP contribution in [0.2, 0.25) is 0 Å². The minimum absolute atomic E-state index is 0.299. The van der Waals surface area contributed by atoms with E-state index in [2.05, 4.69) is 26.2 Å². The zero-order valence-corrected chi connectivity index (χ0v) is 12.4. The Balaban J connectivity index is 2.47. The first-order valence-corrected chi connectivity index (χ1v) is 6.90. The van der Waals surface area contributed by atoms with E-state index in [9.17, 15) is 4.39 Å². The molecule has 96 valence electrons. The minimum atomic E-state index is -0.299. The van der Waals surface area contributed by atoms with Gasteiger partial charge in [-0.25, -0.2) is 9.37 Å². The summed E-state index contributed by atoms with van der Waals surface area (Å²) in [5.74, 6) is 0.320. The minimum Gasteiger partial charge on any atom is -0.496 e. The van der Waals surface area contributed by atoms with E-state index in [1.807, 2.05) is 7.05 Å². The van der Waals surface area contributed by atoms with Gasteiger partial charge in [0.05, 0.1) is 17.6 Å². The van der Waals surface area contributed by atoms with E-state index in [1.165, 1.54) is 23.5 Å². The second-order valence-electron chi connectivity index (χ2n) is 3.61. The molecule has 2 aromatic rings. The van der Waals surface area contributed by atoms with Gasteiger partial charge in [-0.3, -0.25) is 0 Å². The van der Waals surface area contributed by atoms with Crippen LogP contribution in [-0.2, 0) is 6.54 Å². The molecular weight excluding hydrogens is 319 g/mol. The Hall–Kier alpha value is -0.980. The molecule has 0 saturated heterocycles. The molecule has 0 unspecified atom stereocenters. The van der Waals surface area contributed by atoms with E-state index in [0.717, 1.165) is 21.0 Å². The number of thiazole rings is 1. The largest absolute Gasteiger partial charge is 0.496 e. The van der Waals surface area contributed by atoms with E-state index in [-0.39, 0.29) is 5.82 Å². The van der Waals surface area contributed by atoms with Gasteiger partial charge in [-0.2, -0.15) is 0 Å². The normalized spacial score (nSPS) is 10.7. The Labute approximate surface area is 117 Å². The molecule has 0 aliphatic heterocycles. The second kappa shape index (κ2) is 5.77. The molecule has 6 heteroatoms. The van der Waals surface area contributed by atoms with Crippen molar-refractivity contribution in [2.75, 3.05) is 14.2 Å². The number of hydrogen-bond donors (Lipinski definition) is 1. The molecule has 0 spiro atoms. The van der Waals surface area contributed by atoms with Crippen LogP contribution in [0.4, 0.5) is 4.39 Å². The first-order chi connectivity index (χ1) is 8.65. The molecule has 1 N–H and O–H groups in total. The average molecular weight is 331 g/mol. The molecule has 0 radical (unpaired) electrons. The van der Waals surface area contributed by atoms with Gasteiger partial charge in [0.15, 0.2) is 0 Å². The summed E-state index contributed by atoms with van der Waals surface area (Å²) in [6.07, 6.45) is 0. The standard InChI is InChI=1S/C12H12BrFN2OS/c1-15-6-10-11(13)16-12(18-10)8-5-7(14)3-4-9(8)17-2/h3-5,15H,6H2,1-2H3. The molecule has 0 aliphatic rings. The van der Waals surface area contributed by atoms with Crippen LogP contribution < -0.4 is 10.1 Å². The number of benzene rings is 1. The summed E-state index contributed by atoms with van der Waals surface area (Å²) in [7, 11) is 3.43. The van der Waals surface area contributed by atoms with Crippen LogP contribution in [0.5, 0.6) is 5.75 Å². The number of nitrogens with one attached hydrogen (secondary N) is 1. The lowest BCUT2D eigenvalue weighted by Crippen LogP contribution is -2.03. The third kappa shape index (κ3) is 2.71. The summed E-state index contributed by atoms with van der Waals surface area (Å²) in [5, 5.41) is 3.80. The SMILES string of the molecule is CNCc1sc(-c2cc(F)ccc2OC)nc1Br. The van der Waals surface area contributed by atoms with Gasteiger partial charge >= 0.3 is 0 Å². The lowest BCUT2D eigenvalue weighted by atomic mass is 10.2. The lowest BCUT2D eigenvalue weighted by molar-refractivity contribution is 0.415. The quantitative estimate of drug-likeness (QED) is 0.932. The van der Waals surface area contributed by atoms with E-state index in [0.29, 0.717) is 11.3 Å². The number of nitrogens with zero attached hydrogens (tertiary/aromatic N) is 1. The van der Waals surface area contributed by atoms with E-state index >= 15 is 0 Å². The molecule has 18 heavy (non-hydrogen) atoms. The molecule has 0 fully saturated rings. The molecule has 0 atom stereocenters. The number of hydrogen-bond acceptors (Lipinski definition) is 4. The Bertz CT molecular complexity index is 559. The predicted octanol–water partition coefficient (Wildman–Crippen LogP) is 3.44. The van der Waals surface area contributed by atoms with Gasteiger partial charge < -0.3 is 10.1 Å². The van der Waals surface area contributed by atoms with E-state index < -0.39 is 0 Å². The number of rotatable bonds is 4. The number of ether oxygens (including phenoxy) is 1. The van der Waals surface area contributed by atoms with Crippen LogP contribution in [0.15, 0.2) is 22.8 Å². The fraction of sp³-hybridized carbons (Fsp3) is 0.250. The zero-order chi connectivity index (χ0) is 13.1. The highest BCUT2D eigenvalue weighted by Gasteiger charge is 2.14. The molecule has 0 saturated carbocycles. The average Bonchev–Trinajstić information content (AvgIpc) is 2.71. The third-order valence-electron chi connectivity index (χ3n) is 2.38. The van der Waals surface area contributed by atoms with Crippen LogP contribution in [-0.4, -0.2) is 19.1 Å². The molecule has 0 aliphatic carbocycles. The molecule has 3 nitrogen and oxygen atoms in total. The molecule has 1 aromatic heterocycles. The Morgan fingerprint density at radius 3 is 2.94 bits per heavy atom. The number of methoxy groups -OCH3 is 1. The van der Waals surface area contributed by atoms with E-state index in [4.69, 9.17) is 4.74 Å². The highest BCUT2D eigenvalue weighted by Crippen LogP contribution is 2.36. The second-order valence-corrected chi connectivity index (χ2v) is 5.44. The van der Waals surface area contributed by atoms with Crippen LogP contribution in [0.3, 0.4) is 0 Å². The fourth-order valence-electron chi connectivity index (χ4n) is 1.57. The zero-order valence-electron chi connectivity index (χ0n) is 9.96. The summed E-state index contributed by atoms with van der Waals surface area (Å²) in [6, 6.07) is 4.42. The van der Waals surface area contributed by atoms with Crippen LogP contribution in [0.1, 0.15) is 4.88 Å². The highest BCUT2D eigenvalue weighted by atomic mass is 79.9. The Morgan fingerprint density at radius 2 is 2.28 bits per heavy atom. The van der Waals surface area contributed by atoms with Gasteiger partial charge in [-0.1, -0.05) is 0 Å². The smallest absolute Gasteiger partial charge is 0.129 e. The van der Waals surface area contributed by atoms with Crippen LogP contribution in [0.25, 0.3) is 10.6 Å². The monoisotopic (exact) mass is 330 g/mol. The Kier molecular flexibility index (Phi) is 4.31. The number of aromatic nitrogens is 1. The van der Waals surface area contributed by atoms with Crippen LogP contribution in [0, 0.1) is 5.82 Å². The van der Waals surface area contributed by atoms with Gasteiger partial charge in [-0.15, -0.1) is 11.3 Å². The molecule has 2 rings (SSSR count). The van der Waals surface area contributed by atoms with Crippen molar-refractivity contribution in [3.05, 3.63) is 33.5 Å². The summed E-state index contributed by atoms with van der Waals surface area (Å²) in [5.41, 5.74) is 0.672. The summed E-state index contributed by atoms with van der Waals surface area (Å²) >= 11 is 4.91. The van der Waals surface area contributed by atoms with Crippen molar-refractivity contribution in [3.63, 3.8) is 0 Å². The van der Waals surface area contributed by atoms with Crippen molar-refractivity contribution in [2.24, 2.45) is 0 Å². The van der Waals surface area contributed by atoms with E-state index in [1.54, 1.807) is 13.2 Å². The van der Waals surface area contributed by atoms with Gasteiger partial charge in [0.2, 0.25) is 0 Å². The molecule has 0 amide bonds. The molecule has 0 bridgehead atoms. The van der Waals surface area contributed by atoms with Gasteiger partial charge in [0, 0.05) is 6.54 Å². The van der Waals surface area contributed by atoms with Crippen LogP contribution >= 0.6 is 27.3 Å². The number of halogens is 2. The van der Waals surface area contributed by atoms with Crippen molar-refractivity contribution in [3.8, 4) is 16.3 Å².